The van der Waals surface area contributed by atoms with Gasteiger partial charge < -0.3 is 25.0 Å². The number of aromatic nitrogens is 1. The van der Waals surface area contributed by atoms with Crippen LogP contribution in [-0.2, 0) is 23.1 Å². The number of nitrogens with zero attached hydrogens (tertiary/aromatic N) is 1. The van der Waals surface area contributed by atoms with Crippen LogP contribution in [0.2, 0.25) is 0 Å². The van der Waals surface area contributed by atoms with Crippen LogP contribution in [0.1, 0.15) is 61.1 Å². The number of fused-ring (bicyclic) bond motifs is 4. The van der Waals surface area contributed by atoms with Crippen LogP contribution in [0.25, 0.3) is 10.9 Å². The van der Waals surface area contributed by atoms with Crippen molar-refractivity contribution in [3.05, 3.63) is 58.8 Å². The van der Waals surface area contributed by atoms with E-state index in [2.05, 4.69) is 59.5 Å². The molecule has 7 rings (SSSR count). The van der Waals surface area contributed by atoms with Crippen molar-refractivity contribution in [1.82, 2.24) is 15.2 Å². The number of piperidine rings is 1. The van der Waals surface area contributed by atoms with Gasteiger partial charge in [0.1, 0.15) is 0 Å². The van der Waals surface area contributed by atoms with Crippen LogP contribution in [0.5, 0.6) is 11.5 Å². The SMILES string of the molecule is CCCCC(=O)N[C@@]12Cc3c([nH]c4ccccc34)[C@@H]3Oc4c(O)ccc5c4[C@@]31CCN(C)[C@H]2C5. The minimum Gasteiger partial charge on any atom is -0.504 e. The van der Waals surface area contributed by atoms with Gasteiger partial charge in [-0.15, -0.1) is 0 Å². The van der Waals surface area contributed by atoms with E-state index < -0.39 is 11.0 Å². The molecule has 2 aliphatic carbocycles. The molecule has 1 spiro atoms. The lowest BCUT2D eigenvalue weighted by Crippen LogP contribution is -2.79. The van der Waals surface area contributed by atoms with Crippen LogP contribution in [0.15, 0.2) is 36.4 Å². The Balaban J connectivity index is 1.53. The largest absolute Gasteiger partial charge is 0.504 e. The number of ether oxygens (including phenoxy) is 1. The second kappa shape index (κ2) is 6.79. The van der Waals surface area contributed by atoms with Gasteiger partial charge in [0.15, 0.2) is 17.6 Å². The van der Waals surface area contributed by atoms with E-state index in [0.717, 1.165) is 55.4 Å². The zero-order valence-corrected chi connectivity index (χ0v) is 19.8. The zero-order valence-electron chi connectivity index (χ0n) is 19.8. The highest BCUT2D eigenvalue weighted by molar-refractivity contribution is 5.87. The third-order valence-corrected chi connectivity index (χ3v) is 9.21. The molecule has 0 unspecified atom stereocenters. The summed E-state index contributed by atoms with van der Waals surface area (Å²) in [7, 11) is 2.19. The lowest BCUT2D eigenvalue weighted by Gasteiger charge is -2.64. The molecule has 4 atom stereocenters. The minimum atomic E-state index is -0.500. The fraction of sp³-hybridized carbons (Fsp3) is 0.464. The maximum atomic E-state index is 13.4. The van der Waals surface area contributed by atoms with Gasteiger partial charge >= 0.3 is 0 Å². The van der Waals surface area contributed by atoms with Crippen LogP contribution < -0.4 is 10.1 Å². The van der Waals surface area contributed by atoms with E-state index >= 15 is 0 Å². The number of unbranched alkanes of at least 4 members (excludes halogenated alkanes) is 1. The van der Waals surface area contributed by atoms with Crippen LogP contribution in [0, 0.1) is 0 Å². The molecule has 2 aliphatic heterocycles. The summed E-state index contributed by atoms with van der Waals surface area (Å²) in [6, 6.07) is 12.4. The lowest BCUT2D eigenvalue weighted by molar-refractivity contribution is -0.131. The molecule has 1 fully saturated rings. The first-order valence-corrected chi connectivity index (χ1v) is 12.6. The van der Waals surface area contributed by atoms with E-state index in [4.69, 9.17) is 4.74 Å². The Morgan fingerprint density at radius 1 is 1.29 bits per heavy atom. The standard InChI is InChI=1S/C28H31N3O3/c1-3-4-9-22(33)30-28-15-18-17-7-5-6-8-19(17)29-24(18)26-27(28)12-13-31(2)21(28)14-16-10-11-20(32)25(34-26)23(16)27/h5-8,10-11,21,26,29,32H,3-4,9,12-15H2,1-2H3,(H,30,33)/t21-,26-,27-,28+/m0/s1. The van der Waals surface area contributed by atoms with E-state index in [0.29, 0.717) is 12.2 Å². The monoisotopic (exact) mass is 457 g/mol. The van der Waals surface area contributed by atoms with Gasteiger partial charge in [-0.05, 0) is 56.1 Å². The Bertz CT molecular complexity index is 1350. The fourth-order valence-electron chi connectivity index (χ4n) is 7.78. The lowest BCUT2D eigenvalue weighted by atomic mass is 9.47. The van der Waals surface area contributed by atoms with Crippen molar-refractivity contribution in [1.29, 1.82) is 0 Å². The summed E-state index contributed by atoms with van der Waals surface area (Å²) in [6.07, 6.45) is 4.61. The molecular weight excluding hydrogens is 426 g/mol. The van der Waals surface area contributed by atoms with Crippen molar-refractivity contribution in [2.75, 3.05) is 13.6 Å². The molecule has 3 heterocycles. The number of likely N-dealkylation sites (N-methyl/N-ethyl adjacent to an activating group) is 1. The number of benzene rings is 2. The molecule has 2 bridgehead atoms. The predicted octanol–water partition coefficient (Wildman–Crippen LogP) is 4.11. The highest BCUT2D eigenvalue weighted by Gasteiger charge is 2.73. The molecule has 0 radical (unpaired) electrons. The Labute approximate surface area is 199 Å². The van der Waals surface area contributed by atoms with E-state index in [9.17, 15) is 9.90 Å². The fourth-order valence-corrected chi connectivity index (χ4v) is 7.78. The van der Waals surface area contributed by atoms with Crippen LogP contribution in [-0.4, -0.2) is 46.1 Å². The van der Waals surface area contributed by atoms with Crippen molar-refractivity contribution >= 4 is 16.8 Å². The molecule has 6 nitrogen and oxygen atoms in total. The summed E-state index contributed by atoms with van der Waals surface area (Å²) in [5.41, 5.74) is 4.89. The Kier molecular flexibility index (Phi) is 4.07. The summed E-state index contributed by atoms with van der Waals surface area (Å²) in [6.45, 7) is 3.06. The van der Waals surface area contributed by atoms with Gasteiger partial charge in [-0.25, -0.2) is 0 Å². The van der Waals surface area contributed by atoms with E-state index in [1.807, 2.05) is 0 Å². The van der Waals surface area contributed by atoms with E-state index in [1.54, 1.807) is 6.07 Å². The third-order valence-electron chi connectivity index (χ3n) is 9.21. The number of amides is 1. The summed E-state index contributed by atoms with van der Waals surface area (Å²) in [5, 5.41) is 15.8. The molecule has 0 saturated carbocycles. The average Bonchev–Trinajstić information content (AvgIpc) is 3.37. The average molecular weight is 458 g/mol. The highest BCUT2D eigenvalue weighted by atomic mass is 16.5. The Morgan fingerprint density at radius 3 is 3.00 bits per heavy atom. The van der Waals surface area contributed by atoms with Gasteiger partial charge in [-0.1, -0.05) is 37.6 Å². The van der Waals surface area contributed by atoms with E-state index in [1.165, 1.54) is 16.5 Å². The summed E-state index contributed by atoms with van der Waals surface area (Å²) in [5.74, 6) is 0.939. The molecule has 1 aromatic heterocycles. The first-order chi connectivity index (χ1) is 16.5. The Morgan fingerprint density at radius 2 is 2.15 bits per heavy atom. The number of rotatable bonds is 4. The molecule has 1 amide bonds. The van der Waals surface area contributed by atoms with Gasteiger partial charge in [-0.2, -0.15) is 0 Å². The van der Waals surface area contributed by atoms with Crippen molar-refractivity contribution in [3.63, 3.8) is 0 Å². The topological polar surface area (TPSA) is 77.6 Å². The quantitative estimate of drug-likeness (QED) is 0.551. The first-order valence-electron chi connectivity index (χ1n) is 12.6. The second-order valence-corrected chi connectivity index (χ2v) is 10.7. The van der Waals surface area contributed by atoms with Gasteiger partial charge in [0.05, 0.1) is 16.6 Å². The maximum Gasteiger partial charge on any atom is 0.220 e. The molecule has 3 N–H and O–H groups in total. The summed E-state index contributed by atoms with van der Waals surface area (Å²) >= 11 is 0. The molecule has 6 heteroatoms. The zero-order chi connectivity index (χ0) is 23.2. The van der Waals surface area contributed by atoms with Crippen LogP contribution >= 0.6 is 0 Å². The van der Waals surface area contributed by atoms with Crippen molar-refractivity contribution in [3.8, 4) is 11.5 Å². The van der Waals surface area contributed by atoms with Gasteiger partial charge in [0, 0.05) is 35.3 Å². The molecule has 34 heavy (non-hydrogen) atoms. The number of carbonyl (C=O) groups excluding carboxylic acids is 1. The summed E-state index contributed by atoms with van der Waals surface area (Å²) in [4.78, 5) is 19.6. The Hall–Kier alpha value is -2.99. The van der Waals surface area contributed by atoms with Gasteiger partial charge in [0.25, 0.3) is 0 Å². The third kappa shape index (κ3) is 2.28. The number of phenols is 1. The predicted molar refractivity (Wildman–Crippen MR) is 130 cm³/mol. The molecule has 176 valence electrons. The van der Waals surface area contributed by atoms with Crippen molar-refractivity contribution in [2.45, 2.75) is 68.5 Å². The highest BCUT2D eigenvalue weighted by Crippen LogP contribution is 2.68. The number of likely N-dealkylation sites (tertiary alicyclic amines) is 1. The molecule has 2 aromatic carbocycles. The molecule has 1 saturated heterocycles. The second-order valence-electron chi connectivity index (χ2n) is 10.7. The maximum absolute atomic E-state index is 13.4. The summed E-state index contributed by atoms with van der Waals surface area (Å²) < 4.78 is 6.74. The molecular formula is C28H31N3O3. The smallest absolute Gasteiger partial charge is 0.220 e. The first kappa shape index (κ1) is 20.4. The number of H-pyrrole nitrogens is 1. The minimum absolute atomic E-state index is 0.126. The number of aromatic hydroxyl groups is 1. The molecule has 4 aliphatic rings. The number of hydrogen-bond acceptors (Lipinski definition) is 4. The number of nitrogens with one attached hydrogen (secondary N) is 2. The molecule has 3 aromatic rings. The van der Waals surface area contributed by atoms with Gasteiger partial charge in [-0.3, -0.25) is 4.79 Å². The van der Waals surface area contributed by atoms with Crippen molar-refractivity contribution in [2.24, 2.45) is 0 Å². The number of hydrogen-bond donors (Lipinski definition) is 3. The number of carbonyl (C=O) groups is 1. The number of para-hydroxylation sites is 1. The number of aromatic amines is 1. The normalized spacial score (nSPS) is 30.5. The number of phenolic OH excluding ortho intramolecular Hbond substituents is 1. The van der Waals surface area contributed by atoms with Gasteiger partial charge in [0.2, 0.25) is 5.91 Å². The van der Waals surface area contributed by atoms with Crippen molar-refractivity contribution < 1.29 is 14.6 Å². The van der Waals surface area contributed by atoms with E-state index in [-0.39, 0.29) is 23.8 Å². The van der Waals surface area contributed by atoms with Crippen LogP contribution in [0.4, 0.5) is 0 Å². The van der Waals surface area contributed by atoms with Crippen LogP contribution in [0.3, 0.4) is 0 Å².